The number of aliphatic imine (C=N–C) groups is 1. The molecule has 0 saturated carbocycles. The summed E-state index contributed by atoms with van der Waals surface area (Å²) < 4.78 is 0. The minimum Gasteiger partial charge on any atom is -0.374 e. The highest BCUT2D eigenvalue weighted by atomic mass is 32.1. The van der Waals surface area contributed by atoms with Gasteiger partial charge >= 0.3 is 0 Å². The maximum absolute atomic E-state index is 10.6. The van der Waals surface area contributed by atoms with E-state index in [1.165, 1.54) is 16.9 Å². The summed E-state index contributed by atoms with van der Waals surface area (Å²) in [7, 11) is 1.75. The normalized spacial score (nSPS) is 10.7. The zero-order valence-electron chi connectivity index (χ0n) is 18.0. The predicted molar refractivity (Wildman–Crippen MR) is 129 cm³/mol. The fourth-order valence-corrected chi connectivity index (χ4v) is 2.84. The Kier molecular flexibility index (Phi) is 15.5. The van der Waals surface area contributed by atoms with Crippen molar-refractivity contribution < 1.29 is 4.79 Å². The van der Waals surface area contributed by atoms with E-state index in [2.05, 4.69) is 58.6 Å². The monoisotopic (exact) mass is 412 g/mol. The average molecular weight is 413 g/mol. The lowest BCUT2D eigenvalue weighted by molar-refractivity contribution is 0.112. The van der Waals surface area contributed by atoms with Crippen LogP contribution in [0.1, 0.15) is 43.8 Å². The third-order valence-electron chi connectivity index (χ3n) is 3.51. The molecule has 0 saturated heterocycles. The molecule has 0 radical (unpaired) electrons. The summed E-state index contributed by atoms with van der Waals surface area (Å²) in [6, 6.07) is 3.67. The zero-order chi connectivity index (χ0) is 21.9. The number of hydrogen-bond acceptors (Lipinski definition) is 5. The van der Waals surface area contributed by atoms with Gasteiger partial charge in [-0.1, -0.05) is 43.6 Å². The van der Waals surface area contributed by atoms with E-state index < -0.39 is 0 Å². The van der Waals surface area contributed by atoms with E-state index in [1.807, 2.05) is 26.0 Å². The van der Waals surface area contributed by atoms with Gasteiger partial charge in [-0.2, -0.15) is 0 Å². The molecule has 0 unspecified atom stereocenters. The molecule has 0 fully saturated rings. The molecule has 0 bridgehead atoms. The van der Waals surface area contributed by atoms with E-state index in [4.69, 9.17) is 6.42 Å². The number of nitrogens with zero attached hydrogens (tertiary/aromatic N) is 2. The van der Waals surface area contributed by atoms with Crippen molar-refractivity contribution in [2.24, 2.45) is 4.99 Å². The Labute approximate surface area is 179 Å². The summed E-state index contributed by atoms with van der Waals surface area (Å²) >= 11 is 1.37. The van der Waals surface area contributed by atoms with Gasteiger partial charge in [-0.05, 0) is 32.4 Å². The maximum Gasteiger partial charge on any atom is 0.160 e. The average Bonchev–Trinajstić information content (AvgIpc) is 3.20. The van der Waals surface area contributed by atoms with Gasteiger partial charge in [0.05, 0.1) is 17.8 Å². The Morgan fingerprint density at radius 2 is 2.14 bits per heavy atom. The molecule has 156 valence electrons. The van der Waals surface area contributed by atoms with Gasteiger partial charge in [-0.15, -0.1) is 17.8 Å². The van der Waals surface area contributed by atoms with Crippen LogP contribution in [-0.4, -0.2) is 37.7 Å². The second-order valence-electron chi connectivity index (χ2n) is 5.51. The number of aldehydes is 1. The molecule has 0 aliphatic carbocycles. The van der Waals surface area contributed by atoms with Crippen LogP contribution in [0.25, 0.3) is 10.2 Å². The molecule has 0 amide bonds. The van der Waals surface area contributed by atoms with Crippen LogP contribution in [0.3, 0.4) is 0 Å². The molecule has 0 aliphatic rings. The van der Waals surface area contributed by atoms with Crippen molar-refractivity contribution >= 4 is 39.9 Å². The number of fused-ring (bicyclic) bond motifs is 1. The lowest BCUT2D eigenvalue weighted by atomic mass is 10.2. The van der Waals surface area contributed by atoms with Gasteiger partial charge in [-0.25, -0.2) is 4.98 Å². The van der Waals surface area contributed by atoms with Gasteiger partial charge in [0.2, 0.25) is 0 Å². The topological polar surface area (TPSA) is 66.4 Å². The Morgan fingerprint density at radius 1 is 1.38 bits per heavy atom. The van der Waals surface area contributed by atoms with Crippen molar-refractivity contribution in [2.75, 3.05) is 25.5 Å². The number of rotatable bonds is 8. The van der Waals surface area contributed by atoms with Crippen LogP contribution < -0.4 is 10.6 Å². The molecule has 6 heteroatoms. The largest absolute Gasteiger partial charge is 0.374 e. The van der Waals surface area contributed by atoms with E-state index in [1.54, 1.807) is 19.6 Å². The Bertz CT molecular complexity index is 844. The highest BCUT2D eigenvalue weighted by molar-refractivity contribution is 7.20. The van der Waals surface area contributed by atoms with Gasteiger partial charge < -0.3 is 10.6 Å². The highest BCUT2D eigenvalue weighted by Gasteiger charge is 2.05. The second kappa shape index (κ2) is 17.2. The predicted octanol–water partition coefficient (Wildman–Crippen LogP) is 5.33. The molecule has 0 spiro atoms. The number of nitrogens with one attached hydrogen (secondary N) is 2. The summed E-state index contributed by atoms with van der Waals surface area (Å²) in [5.41, 5.74) is 2.32. The molecule has 0 aromatic carbocycles. The van der Waals surface area contributed by atoms with Crippen LogP contribution in [0, 0.1) is 12.3 Å². The van der Waals surface area contributed by atoms with Crippen molar-refractivity contribution in [3.05, 3.63) is 47.0 Å². The van der Waals surface area contributed by atoms with E-state index in [-0.39, 0.29) is 0 Å². The fraction of sp³-hybridized carbons (Fsp3) is 0.348. The molecule has 2 heterocycles. The summed E-state index contributed by atoms with van der Waals surface area (Å²) in [5, 5.41) is 7.06. The van der Waals surface area contributed by atoms with Crippen LogP contribution in [0.15, 0.2) is 47.1 Å². The third-order valence-corrected chi connectivity index (χ3v) is 4.48. The quantitative estimate of drug-likeness (QED) is 0.154. The van der Waals surface area contributed by atoms with E-state index in [0.717, 1.165) is 35.2 Å². The van der Waals surface area contributed by atoms with Crippen molar-refractivity contribution in [1.82, 2.24) is 10.3 Å². The van der Waals surface area contributed by atoms with Crippen molar-refractivity contribution in [3.63, 3.8) is 0 Å². The molecular weight excluding hydrogens is 380 g/mol. The van der Waals surface area contributed by atoms with Gasteiger partial charge in [0.1, 0.15) is 4.83 Å². The molecule has 2 rings (SSSR count). The SMILES string of the molecule is C#CCNc1ccnc2sc(C=O)cc12.C/C=C(/C)C/C=C\CNC=NC.CC. The third kappa shape index (κ3) is 10.9. The summed E-state index contributed by atoms with van der Waals surface area (Å²) in [6.45, 7) is 9.51. The number of carbonyl (C=O) groups is 1. The Balaban J connectivity index is 0.000000512. The molecular formula is C23H32N4OS. The van der Waals surface area contributed by atoms with Crippen LogP contribution in [0.2, 0.25) is 0 Å². The van der Waals surface area contributed by atoms with E-state index >= 15 is 0 Å². The molecule has 5 nitrogen and oxygen atoms in total. The molecule has 0 atom stereocenters. The minimum atomic E-state index is 0.464. The first kappa shape index (κ1) is 26.1. The summed E-state index contributed by atoms with van der Waals surface area (Å²) in [6.07, 6.45) is 16.8. The standard InChI is InChI=1S/C11H8N2OS.C10H18N2.C2H6/c1-2-4-12-10-3-5-13-11-9(10)6-8(7-14)15-11;1-4-10(2)7-5-6-8-12-9-11-3;1-2/h1,3,5-7H,4H2,(H,12,13);4-6,9H,7-8H2,1-3H3,(H,11,12);1-2H3/b;6-5-,10-4-;. The fourth-order valence-electron chi connectivity index (χ4n) is 2.00. The smallest absolute Gasteiger partial charge is 0.160 e. The van der Waals surface area contributed by atoms with E-state index in [9.17, 15) is 4.79 Å². The summed E-state index contributed by atoms with van der Waals surface area (Å²) in [4.78, 5) is 20.1. The molecule has 0 aliphatic heterocycles. The zero-order valence-corrected chi connectivity index (χ0v) is 18.8. The molecule has 2 N–H and O–H groups in total. The Morgan fingerprint density at radius 3 is 2.76 bits per heavy atom. The van der Waals surface area contributed by atoms with Crippen LogP contribution in [0.5, 0.6) is 0 Å². The van der Waals surface area contributed by atoms with Gasteiger partial charge in [-0.3, -0.25) is 9.79 Å². The van der Waals surface area contributed by atoms with Gasteiger partial charge in [0.15, 0.2) is 6.29 Å². The number of pyridine rings is 1. The number of terminal acetylenes is 1. The van der Waals surface area contributed by atoms with Crippen LogP contribution in [-0.2, 0) is 0 Å². The second-order valence-corrected chi connectivity index (χ2v) is 6.57. The highest BCUT2D eigenvalue weighted by Crippen LogP contribution is 2.28. The number of aromatic nitrogens is 1. The van der Waals surface area contributed by atoms with Crippen molar-refractivity contribution in [1.29, 1.82) is 0 Å². The van der Waals surface area contributed by atoms with E-state index in [0.29, 0.717) is 11.4 Å². The number of allylic oxidation sites excluding steroid dienone is 3. The Hall–Kier alpha value is -2.91. The lowest BCUT2D eigenvalue weighted by Crippen LogP contribution is -2.09. The molecule has 2 aromatic heterocycles. The minimum absolute atomic E-state index is 0.464. The number of carbonyl (C=O) groups excluding carboxylic acids is 1. The number of anilines is 1. The first-order chi connectivity index (χ1) is 14.2. The molecule has 2 aromatic rings. The van der Waals surface area contributed by atoms with Gasteiger partial charge in [0, 0.05) is 30.9 Å². The number of hydrogen-bond donors (Lipinski definition) is 2. The van der Waals surface area contributed by atoms with Gasteiger partial charge in [0.25, 0.3) is 0 Å². The maximum atomic E-state index is 10.6. The first-order valence-electron chi connectivity index (χ1n) is 9.58. The van der Waals surface area contributed by atoms with Crippen LogP contribution in [0.4, 0.5) is 5.69 Å². The summed E-state index contributed by atoms with van der Waals surface area (Å²) in [5.74, 6) is 2.50. The lowest BCUT2D eigenvalue weighted by Gasteiger charge is -2.02. The number of thiophene rings is 1. The van der Waals surface area contributed by atoms with Crippen molar-refractivity contribution in [2.45, 2.75) is 34.1 Å². The van der Waals surface area contributed by atoms with Crippen LogP contribution >= 0.6 is 11.3 Å². The first-order valence-corrected chi connectivity index (χ1v) is 10.4. The molecule has 29 heavy (non-hydrogen) atoms. The van der Waals surface area contributed by atoms with Crippen molar-refractivity contribution in [3.8, 4) is 12.3 Å².